The third kappa shape index (κ3) is 3.79. The summed E-state index contributed by atoms with van der Waals surface area (Å²) in [5, 5.41) is 27.3. The smallest absolute Gasteiger partial charge is 0.307 e. The van der Waals surface area contributed by atoms with E-state index in [1.165, 1.54) is 25.1 Å². The number of carboxylic acid groups (broad SMARTS) is 1. The van der Waals surface area contributed by atoms with Gasteiger partial charge >= 0.3 is 5.97 Å². The maximum absolute atomic E-state index is 10.9. The Morgan fingerprint density at radius 1 is 1.24 bits per heavy atom. The van der Waals surface area contributed by atoms with Gasteiger partial charge in [-0.1, -0.05) is 6.07 Å². The standard InChI is InChI=1S/C12H14O5/c1-7(13)4-9(12(16)17)5-8-2-3-10(14)11(15)6-8/h2-3,6,9,14-15H,4-5H2,1H3,(H,16,17). The molecule has 3 N–H and O–H groups in total. The fraction of sp³-hybridized carbons (Fsp3) is 0.333. The van der Waals surface area contributed by atoms with Crippen LogP contribution in [0.25, 0.3) is 0 Å². The molecule has 0 bridgehead atoms. The number of phenolic OH excluding ortho intramolecular Hbond substituents is 2. The fourth-order valence-electron chi connectivity index (χ4n) is 1.57. The Balaban J connectivity index is 2.82. The summed E-state index contributed by atoms with van der Waals surface area (Å²) < 4.78 is 0. The summed E-state index contributed by atoms with van der Waals surface area (Å²) in [5.74, 6) is -2.61. The van der Waals surface area contributed by atoms with E-state index < -0.39 is 11.9 Å². The summed E-state index contributed by atoms with van der Waals surface area (Å²) in [6.07, 6.45) is 0.0969. The number of ketones is 1. The Labute approximate surface area is 98.3 Å². The molecular formula is C12H14O5. The quantitative estimate of drug-likeness (QED) is 0.672. The van der Waals surface area contributed by atoms with E-state index in [-0.39, 0.29) is 30.1 Å². The van der Waals surface area contributed by atoms with Gasteiger partial charge in [-0.3, -0.25) is 4.79 Å². The van der Waals surface area contributed by atoms with Crippen molar-refractivity contribution in [1.82, 2.24) is 0 Å². The summed E-state index contributed by atoms with van der Waals surface area (Å²) in [6.45, 7) is 1.34. The Morgan fingerprint density at radius 3 is 2.35 bits per heavy atom. The Hall–Kier alpha value is -2.04. The molecule has 5 nitrogen and oxygen atoms in total. The number of carbonyl (C=O) groups excluding carboxylic acids is 1. The summed E-state index contributed by atoms with van der Waals surface area (Å²) in [5.41, 5.74) is 0.564. The zero-order valence-electron chi connectivity index (χ0n) is 9.38. The largest absolute Gasteiger partial charge is 0.504 e. The highest BCUT2D eigenvalue weighted by Gasteiger charge is 2.20. The average molecular weight is 238 g/mol. The van der Waals surface area contributed by atoms with Gasteiger partial charge in [0, 0.05) is 6.42 Å². The lowest BCUT2D eigenvalue weighted by Crippen LogP contribution is -2.19. The average Bonchev–Trinajstić information content (AvgIpc) is 2.21. The molecule has 0 heterocycles. The number of hydrogen-bond donors (Lipinski definition) is 3. The zero-order chi connectivity index (χ0) is 13.0. The van der Waals surface area contributed by atoms with Crippen LogP contribution in [0.5, 0.6) is 11.5 Å². The van der Waals surface area contributed by atoms with Crippen molar-refractivity contribution in [3.8, 4) is 11.5 Å². The lowest BCUT2D eigenvalue weighted by atomic mass is 9.94. The second-order valence-corrected chi connectivity index (χ2v) is 3.97. The van der Waals surface area contributed by atoms with Crippen LogP contribution in [0.15, 0.2) is 18.2 Å². The minimum atomic E-state index is -1.05. The van der Waals surface area contributed by atoms with E-state index in [9.17, 15) is 14.7 Å². The molecule has 0 saturated heterocycles. The van der Waals surface area contributed by atoms with Crippen LogP contribution < -0.4 is 0 Å². The van der Waals surface area contributed by atoms with Crippen LogP contribution in [0.1, 0.15) is 18.9 Å². The molecule has 0 saturated carbocycles. The number of benzene rings is 1. The number of rotatable bonds is 5. The van der Waals surface area contributed by atoms with Gasteiger partial charge in [-0.25, -0.2) is 0 Å². The molecule has 0 aliphatic heterocycles. The lowest BCUT2D eigenvalue weighted by Gasteiger charge is -2.11. The van der Waals surface area contributed by atoms with E-state index in [4.69, 9.17) is 10.2 Å². The summed E-state index contributed by atoms with van der Waals surface area (Å²) in [7, 11) is 0. The van der Waals surface area contributed by atoms with Gasteiger partial charge in [0.1, 0.15) is 5.78 Å². The van der Waals surface area contributed by atoms with E-state index in [1.54, 1.807) is 0 Å². The Bertz CT molecular complexity index is 439. The van der Waals surface area contributed by atoms with Gasteiger partial charge in [0.15, 0.2) is 11.5 Å². The molecule has 92 valence electrons. The van der Waals surface area contributed by atoms with E-state index in [0.717, 1.165) is 0 Å². The van der Waals surface area contributed by atoms with Crippen molar-refractivity contribution < 1.29 is 24.9 Å². The maximum Gasteiger partial charge on any atom is 0.307 e. The van der Waals surface area contributed by atoms with Gasteiger partial charge in [-0.05, 0) is 31.0 Å². The minimum Gasteiger partial charge on any atom is -0.504 e. The van der Waals surface area contributed by atoms with Crippen molar-refractivity contribution in [2.75, 3.05) is 0 Å². The summed E-state index contributed by atoms with van der Waals surface area (Å²) in [4.78, 5) is 21.8. The number of aliphatic carboxylic acids is 1. The highest BCUT2D eigenvalue weighted by atomic mass is 16.4. The molecule has 0 spiro atoms. The van der Waals surface area contributed by atoms with Crippen LogP contribution in [0.3, 0.4) is 0 Å². The van der Waals surface area contributed by atoms with Crippen LogP contribution in [0.2, 0.25) is 0 Å². The predicted molar refractivity (Wildman–Crippen MR) is 59.9 cm³/mol. The van der Waals surface area contributed by atoms with Gasteiger partial charge < -0.3 is 20.1 Å². The van der Waals surface area contributed by atoms with Crippen LogP contribution in [-0.4, -0.2) is 27.1 Å². The molecule has 0 aliphatic carbocycles. The van der Waals surface area contributed by atoms with E-state index in [2.05, 4.69) is 0 Å². The van der Waals surface area contributed by atoms with E-state index in [0.29, 0.717) is 5.56 Å². The maximum atomic E-state index is 10.9. The van der Waals surface area contributed by atoms with Crippen molar-refractivity contribution in [2.45, 2.75) is 19.8 Å². The van der Waals surface area contributed by atoms with E-state index in [1.807, 2.05) is 0 Å². The van der Waals surface area contributed by atoms with Crippen molar-refractivity contribution in [2.24, 2.45) is 5.92 Å². The number of carboxylic acids is 1. The van der Waals surface area contributed by atoms with Crippen molar-refractivity contribution in [3.05, 3.63) is 23.8 Å². The van der Waals surface area contributed by atoms with Crippen molar-refractivity contribution in [1.29, 1.82) is 0 Å². The molecule has 0 aliphatic rings. The molecule has 0 radical (unpaired) electrons. The van der Waals surface area contributed by atoms with E-state index >= 15 is 0 Å². The van der Waals surface area contributed by atoms with Crippen LogP contribution in [0.4, 0.5) is 0 Å². The van der Waals surface area contributed by atoms with Gasteiger partial charge in [0.05, 0.1) is 5.92 Å². The molecule has 1 aromatic rings. The zero-order valence-corrected chi connectivity index (χ0v) is 9.38. The van der Waals surface area contributed by atoms with Gasteiger partial charge in [-0.15, -0.1) is 0 Å². The number of carbonyl (C=O) groups is 2. The molecule has 5 heteroatoms. The molecule has 0 aromatic heterocycles. The topological polar surface area (TPSA) is 94.8 Å². The van der Waals surface area contributed by atoms with Crippen molar-refractivity contribution in [3.63, 3.8) is 0 Å². The first-order valence-corrected chi connectivity index (χ1v) is 5.13. The van der Waals surface area contributed by atoms with Gasteiger partial charge in [0.2, 0.25) is 0 Å². The van der Waals surface area contributed by atoms with Crippen LogP contribution in [0, 0.1) is 5.92 Å². The number of phenols is 2. The molecule has 17 heavy (non-hydrogen) atoms. The molecular weight excluding hydrogens is 224 g/mol. The fourth-order valence-corrected chi connectivity index (χ4v) is 1.57. The highest BCUT2D eigenvalue weighted by Crippen LogP contribution is 2.26. The Kier molecular flexibility index (Phi) is 4.09. The highest BCUT2D eigenvalue weighted by molar-refractivity contribution is 5.82. The molecule has 1 aromatic carbocycles. The number of aromatic hydroxyl groups is 2. The first-order chi connectivity index (χ1) is 7.90. The SMILES string of the molecule is CC(=O)CC(Cc1ccc(O)c(O)c1)C(=O)O. The second kappa shape index (κ2) is 5.34. The van der Waals surface area contributed by atoms with Gasteiger partial charge in [-0.2, -0.15) is 0 Å². The molecule has 1 rings (SSSR count). The number of hydrogen-bond acceptors (Lipinski definition) is 4. The summed E-state index contributed by atoms with van der Waals surface area (Å²) >= 11 is 0. The second-order valence-electron chi connectivity index (χ2n) is 3.97. The number of Topliss-reactive ketones (excluding diaryl/α,β-unsaturated/α-hetero) is 1. The third-order valence-electron chi connectivity index (χ3n) is 2.41. The summed E-state index contributed by atoms with van der Waals surface area (Å²) in [6, 6.07) is 4.11. The molecule has 1 unspecified atom stereocenters. The third-order valence-corrected chi connectivity index (χ3v) is 2.41. The Morgan fingerprint density at radius 2 is 1.88 bits per heavy atom. The van der Waals surface area contributed by atoms with Crippen LogP contribution >= 0.6 is 0 Å². The normalized spacial score (nSPS) is 12.1. The van der Waals surface area contributed by atoms with Crippen LogP contribution in [-0.2, 0) is 16.0 Å². The molecule has 1 atom stereocenters. The first kappa shape index (κ1) is 13.0. The first-order valence-electron chi connectivity index (χ1n) is 5.13. The monoisotopic (exact) mass is 238 g/mol. The lowest BCUT2D eigenvalue weighted by molar-refractivity contribution is -0.143. The van der Waals surface area contributed by atoms with Gasteiger partial charge in [0.25, 0.3) is 0 Å². The molecule has 0 fully saturated rings. The van der Waals surface area contributed by atoms with Crippen molar-refractivity contribution >= 4 is 11.8 Å². The minimum absolute atomic E-state index is 0.0447. The predicted octanol–water partition coefficient (Wildman–Crippen LogP) is 1.32. The molecule has 0 amide bonds.